The number of hydrogen-bond acceptors (Lipinski definition) is 3. The molecule has 70 valence electrons. The SMILES string of the molecule is O=CONc1cc(F)c(F)c(F)c1. The third-order valence-corrected chi connectivity index (χ3v) is 1.21. The normalized spacial score (nSPS) is 9.46. The molecule has 0 saturated carbocycles. The summed E-state index contributed by atoms with van der Waals surface area (Å²) < 4.78 is 37.3. The lowest BCUT2D eigenvalue weighted by Gasteiger charge is -2.03. The van der Waals surface area contributed by atoms with Gasteiger partial charge in [-0.05, 0) is 0 Å². The van der Waals surface area contributed by atoms with Gasteiger partial charge in [0.15, 0.2) is 17.5 Å². The average molecular weight is 191 g/mol. The van der Waals surface area contributed by atoms with Crippen molar-refractivity contribution in [2.24, 2.45) is 0 Å². The van der Waals surface area contributed by atoms with Gasteiger partial charge in [0.2, 0.25) is 0 Å². The largest absolute Gasteiger partial charge is 0.347 e. The van der Waals surface area contributed by atoms with Gasteiger partial charge in [0.25, 0.3) is 0 Å². The molecule has 0 aliphatic rings. The summed E-state index contributed by atoms with van der Waals surface area (Å²) in [5.41, 5.74) is 1.70. The maximum atomic E-state index is 12.5. The van der Waals surface area contributed by atoms with Crippen LogP contribution < -0.4 is 5.48 Å². The monoisotopic (exact) mass is 191 g/mol. The number of rotatable bonds is 3. The van der Waals surface area contributed by atoms with Crippen molar-refractivity contribution in [1.29, 1.82) is 0 Å². The standard InChI is InChI=1S/C7H4F3NO2/c8-5-1-4(11-13-3-12)2-6(9)7(5)10/h1-3,11H. The first-order valence-corrected chi connectivity index (χ1v) is 3.15. The van der Waals surface area contributed by atoms with Crippen molar-refractivity contribution in [3.8, 4) is 0 Å². The number of carbonyl (C=O) groups excluding carboxylic acids is 1. The Morgan fingerprint density at radius 3 is 2.23 bits per heavy atom. The number of nitrogens with one attached hydrogen (secondary N) is 1. The van der Waals surface area contributed by atoms with Crippen LogP contribution in [0.25, 0.3) is 0 Å². The Bertz CT molecular complexity index is 307. The van der Waals surface area contributed by atoms with Gasteiger partial charge in [-0.25, -0.2) is 18.7 Å². The van der Waals surface area contributed by atoms with Crippen molar-refractivity contribution in [2.75, 3.05) is 5.48 Å². The summed E-state index contributed by atoms with van der Waals surface area (Å²) in [5.74, 6) is -4.30. The Balaban J connectivity index is 2.92. The van der Waals surface area contributed by atoms with Gasteiger partial charge in [0, 0.05) is 12.1 Å². The van der Waals surface area contributed by atoms with Crippen molar-refractivity contribution in [3.05, 3.63) is 29.6 Å². The quantitative estimate of drug-likeness (QED) is 0.448. The second-order valence-corrected chi connectivity index (χ2v) is 2.07. The van der Waals surface area contributed by atoms with E-state index in [0.29, 0.717) is 12.1 Å². The third-order valence-electron chi connectivity index (χ3n) is 1.21. The molecule has 0 fully saturated rings. The zero-order valence-corrected chi connectivity index (χ0v) is 6.18. The van der Waals surface area contributed by atoms with E-state index in [2.05, 4.69) is 4.84 Å². The van der Waals surface area contributed by atoms with Gasteiger partial charge in [-0.15, -0.1) is 0 Å². The van der Waals surface area contributed by atoms with Gasteiger partial charge in [-0.2, -0.15) is 0 Å². The molecule has 1 aromatic rings. The van der Waals surface area contributed by atoms with Crippen LogP contribution >= 0.6 is 0 Å². The molecule has 0 aromatic heterocycles. The first kappa shape index (κ1) is 9.37. The van der Waals surface area contributed by atoms with E-state index in [0.717, 1.165) is 0 Å². The first-order valence-electron chi connectivity index (χ1n) is 3.15. The molecule has 0 unspecified atom stereocenters. The van der Waals surface area contributed by atoms with Gasteiger partial charge in [-0.1, -0.05) is 0 Å². The lowest BCUT2D eigenvalue weighted by atomic mass is 10.3. The van der Waals surface area contributed by atoms with Crippen LogP contribution in [0, 0.1) is 17.5 Å². The maximum absolute atomic E-state index is 12.5. The van der Waals surface area contributed by atoms with E-state index in [1.54, 1.807) is 0 Å². The zero-order chi connectivity index (χ0) is 9.84. The summed E-state index contributed by atoms with van der Waals surface area (Å²) in [6.07, 6.45) is 0. The molecule has 6 heteroatoms. The molecular formula is C7H4F3NO2. The summed E-state index contributed by atoms with van der Waals surface area (Å²) in [4.78, 5) is 13.7. The van der Waals surface area contributed by atoms with Crippen LogP contribution in [-0.2, 0) is 9.63 Å². The van der Waals surface area contributed by atoms with Crippen LogP contribution in [-0.4, -0.2) is 6.47 Å². The van der Waals surface area contributed by atoms with Crippen molar-refractivity contribution < 1.29 is 22.8 Å². The van der Waals surface area contributed by atoms with Crippen LogP contribution in [0.1, 0.15) is 0 Å². The molecule has 0 atom stereocenters. The highest BCUT2D eigenvalue weighted by Gasteiger charge is 2.10. The van der Waals surface area contributed by atoms with E-state index in [1.165, 1.54) is 0 Å². The van der Waals surface area contributed by atoms with E-state index in [1.807, 2.05) is 5.48 Å². The highest BCUT2D eigenvalue weighted by atomic mass is 19.2. The molecule has 3 nitrogen and oxygen atoms in total. The first-order chi connectivity index (χ1) is 6.15. The predicted octanol–water partition coefficient (Wildman–Crippen LogP) is 1.60. The minimum Gasteiger partial charge on any atom is -0.347 e. The molecular weight excluding hydrogens is 187 g/mol. The number of anilines is 1. The fourth-order valence-corrected chi connectivity index (χ4v) is 0.707. The highest BCUT2D eigenvalue weighted by Crippen LogP contribution is 2.16. The van der Waals surface area contributed by atoms with E-state index < -0.39 is 17.5 Å². The Morgan fingerprint density at radius 2 is 1.77 bits per heavy atom. The Hall–Kier alpha value is -1.72. The summed E-state index contributed by atoms with van der Waals surface area (Å²) in [5, 5.41) is 0. The Labute approximate surface area is 71.1 Å². The topological polar surface area (TPSA) is 38.3 Å². The molecule has 0 aliphatic carbocycles. The van der Waals surface area contributed by atoms with Crippen LogP contribution in [0.4, 0.5) is 18.9 Å². The summed E-state index contributed by atoms with van der Waals surface area (Å²) in [7, 11) is 0. The minimum absolute atomic E-state index is 0.0270. The van der Waals surface area contributed by atoms with E-state index in [4.69, 9.17) is 0 Å². The Morgan fingerprint density at radius 1 is 1.23 bits per heavy atom. The van der Waals surface area contributed by atoms with Crippen LogP contribution in [0.3, 0.4) is 0 Å². The van der Waals surface area contributed by atoms with Crippen molar-refractivity contribution in [2.45, 2.75) is 0 Å². The lowest BCUT2D eigenvalue weighted by Crippen LogP contribution is -2.01. The fourth-order valence-electron chi connectivity index (χ4n) is 0.707. The zero-order valence-electron chi connectivity index (χ0n) is 6.18. The maximum Gasteiger partial charge on any atom is 0.320 e. The molecule has 1 N–H and O–H groups in total. The van der Waals surface area contributed by atoms with Gasteiger partial charge in [-0.3, -0.25) is 4.79 Å². The Kier molecular flexibility index (Phi) is 2.73. The molecule has 0 amide bonds. The lowest BCUT2D eigenvalue weighted by molar-refractivity contribution is -0.126. The van der Waals surface area contributed by atoms with Crippen molar-refractivity contribution in [3.63, 3.8) is 0 Å². The molecule has 1 rings (SSSR count). The number of carbonyl (C=O) groups is 1. The summed E-state index contributed by atoms with van der Waals surface area (Å²) >= 11 is 0. The molecule has 0 bridgehead atoms. The summed E-state index contributed by atoms with van der Waals surface area (Å²) in [6.45, 7) is 0.0270. The van der Waals surface area contributed by atoms with Gasteiger partial charge < -0.3 is 4.84 Å². The molecule has 0 saturated heterocycles. The smallest absolute Gasteiger partial charge is 0.320 e. The number of benzene rings is 1. The fraction of sp³-hybridized carbons (Fsp3) is 0. The van der Waals surface area contributed by atoms with Gasteiger partial charge in [0.05, 0.1) is 5.69 Å². The van der Waals surface area contributed by atoms with Crippen LogP contribution in [0.15, 0.2) is 12.1 Å². The molecule has 0 radical (unpaired) electrons. The highest BCUT2D eigenvalue weighted by molar-refractivity contribution is 5.46. The van der Waals surface area contributed by atoms with E-state index in [9.17, 15) is 18.0 Å². The molecule has 0 aliphatic heterocycles. The molecule has 13 heavy (non-hydrogen) atoms. The van der Waals surface area contributed by atoms with Crippen LogP contribution in [0.2, 0.25) is 0 Å². The molecule has 0 spiro atoms. The van der Waals surface area contributed by atoms with E-state index in [-0.39, 0.29) is 12.2 Å². The van der Waals surface area contributed by atoms with Gasteiger partial charge in [0.1, 0.15) is 0 Å². The number of halogens is 3. The van der Waals surface area contributed by atoms with E-state index >= 15 is 0 Å². The molecule has 0 heterocycles. The predicted molar refractivity (Wildman–Crippen MR) is 37.1 cm³/mol. The van der Waals surface area contributed by atoms with Gasteiger partial charge >= 0.3 is 6.47 Å². The van der Waals surface area contributed by atoms with Crippen LogP contribution in [0.5, 0.6) is 0 Å². The van der Waals surface area contributed by atoms with Crippen molar-refractivity contribution in [1.82, 2.24) is 0 Å². The molecule has 1 aromatic carbocycles. The van der Waals surface area contributed by atoms with Crippen molar-refractivity contribution >= 4 is 12.2 Å². The number of hydrogen-bond donors (Lipinski definition) is 1. The average Bonchev–Trinajstić information content (AvgIpc) is 2.10. The second kappa shape index (κ2) is 3.79. The minimum atomic E-state index is -1.57. The second-order valence-electron chi connectivity index (χ2n) is 2.07. The third kappa shape index (κ3) is 2.11. The summed E-state index contributed by atoms with van der Waals surface area (Å²) in [6, 6.07) is 1.31.